The first-order valence-electron chi connectivity index (χ1n) is 4.41. The van der Waals surface area contributed by atoms with Gasteiger partial charge in [0.15, 0.2) is 0 Å². The van der Waals surface area contributed by atoms with E-state index in [1.54, 1.807) is 0 Å². The van der Waals surface area contributed by atoms with Crippen LogP contribution in [0.4, 0.5) is 0 Å². The molecule has 0 aromatic rings. The Morgan fingerprint density at radius 2 is 1.07 bits per heavy atom. The molecule has 0 saturated heterocycles. The van der Waals surface area contributed by atoms with Crippen LogP contribution in [-0.4, -0.2) is 50.3 Å². The van der Waals surface area contributed by atoms with Crippen LogP contribution >= 0.6 is 37.9 Å². The van der Waals surface area contributed by atoms with Gasteiger partial charge in [-0.3, -0.25) is 0 Å². The molecule has 15 heavy (non-hydrogen) atoms. The van der Waals surface area contributed by atoms with E-state index in [-0.39, 0.29) is 26.4 Å². The fourth-order valence-corrected chi connectivity index (χ4v) is 0.485. The topological polar surface area (TPSA) is 80.9 Å². The molecule has 4 nitrogen and oxygen atoms in total. The summed E-state index contributed by atoms with van der Waals surface area (Å²) in [5, 5.41) is 34.1. The first-order chi connectivity index (χ1) is 6.80. The summed E-state index contributed by atoms with van der Waals surface area (Å²) in [7, 11) is 0. The van der Waals surface area contributed by atoms with Crippen molar-refractivity contribution in [1.82, 2.24) is 0 Å². The Labute approximate surface area is 107 Å². The Morgan fingerprint density at radius 1 is 0.800 bits per heavy atom. The van der Waals surface area contributed by atoms with Gasteiger partial charge in [0.25, 0.3) is 0 Å². The quantitative estimate of drug-likeness (QED) is 0.280. The molecule has 0 rings (SSSR count). The molecule has 0 atom stereocenters. The first kappa shape index (κ1) is 18.3. The molecule has 0 fully saturated rings. The molecule has 94 valence electrons. The molecule has 0 heterocycles. The van der Waals surface area contributed by atoms with E-state index in [0.29, 0.717) is 6.42 Å². The monoisotopic (exact) mass is 276 g/mol. The molecule has 0 aliphatic rings. The molecule has 0 radical (unpaired) electrons. The van der Waals surface area contributed by atoms with Crippen LogP contribution in [0.15, 0.2) is 0 Å². The highest BCUT2D eigenvalue weighted by molar-refractivity contribution is 8.17. The second kappa shape index (κ2) is 8.98. The summed E-state index contributed by atoms with van der Waals surface area (Å²) in [4.78, 5) is 0. The lowest BCUT2D eigenvalue weighted by molar-refractivity contribution is 0.00304. The Kier molecular flexibility index (Phi) is 10.9. The van der Waals surface area contributed by atoms with Gasteiger partial charge in [-0.05, 0) is 6.42 Å². The molecule has 0 amide bonds. The average Bonchev–Trinajstić information content (AvgIpc) is 2.22. The third-order valence-corrected chi connectivity index (χ3v) is 2.39. The highest BCUT2D eigenvalue weighted by Gasteiger charge is 2.24. The lowest BCUT2D eigenvalue weighted by Crippen LogP contribution is -2.32. The minimum absolute atomic E-state index is 0.137. The molecule has 0 unspecified atom stereocenters. The SMILES string of the molecule is CCC(CO)(CO)CO.OCC(S)(S)S. The molecule has 7 heteroatoms. The minimum atomic E-state index is -0.819. The maximum Gasteiger partial charge on any atom is 0.121 e. The van der Waals surface area contributed by atoms with Crippen LogP contribution in [0.25, 0.3) is 0 Å². The van der Waals surface area contributed by atoms with Gasteiger partial charge in [0, 0.05) is 5.41 Å². The van der Waals surface area contributed by atoms with Gasteiger partial charge in [-0.2, -0.15) is 0 Å². The van der Waals surface area contributed by atoms with E-state index in [4.69, 9.17) is 20.4 Å². The van der Waals surface area contributed by atoms with Gasteiger partial charge in [-0.15, -0.1) is 37.9 Å². The van der Waals surface area contributed by atoms with Gasteiger partial charge in [-0.1, -0.05) is 6.92 Å². The van der Waals surface area contributed by atoms with Crippen molar-refractivity contribution in [2.75, 3.05) is 26.4 Å². The van der Waals surface area contributed by atoms with Crippen molar-refractivity contribution >= 4 is 37.9 Å². The fourth-order valence-electron chi connectivity index (χ4n) is 0.485. The van der Waals surface area contributed by atoms with Crippen LogP contribution < -0.4 is 0 Å². The number of hydrogen-bond donors (Lipinski definition) is 7. The van der Waals surface area contributed by atoms with Gasteiger partial charge in [0.2, 0.25) is 0 Å². The molecule has 0 aliphatic heterocycles. The number of aliphatic hydroxyl groups excluding tert-OH is 4. The molecule has 0 aromatic carbocycles. The van der Waals surface area contributed by atoms with E-state index in [9.17, 15) is 0 Å². The standard InChI is InChI=1S/C6H14O3.C2H6OS3/c1-2-6(3-7,4-8)5-9;3-1-2(4,5)6/h7-9H,2-5H2,1H3;3-6H,1H2. The maximum atomic E-state index is 8.66. The summed E-state index contributed by atoms with van der Waals surface area (Å²) in [5.41, 5.74) is -0.667. The van der Waals surface area contributed by atoms with Crippen molar-refractivity contribution in [2.45, 2.75) is 16.8 Å². The molecular formula is C8H20O4S3. The molecule has 0 saturated carbocycles. The summed E-state index contributed by atoms with van der Waals surface area (Å²) in [5.74, 6) is 0. The van der Waals surface area contributed by atoms with Gasteiger partial charge in [-0.25, -0.2) is 0 Å². The third kappa shape index (κ3) is 9.80. The highest BCUT2D eigenvalue weighted by atomic mass is 32.2. The lowest BCUT2D eigenvalue weighted by Gasteiger charge is -2.24. The van der Waals surface area contributed by atoms with Crippen LogP contribution in [0.1, 0.15) is 13.3 Å². The third-order valence-electron chi connectivity index (χ3n) is 1.97. The number of hydrogen-bond acceptors (Lipinski definition) is 7. The molecule has 0 aliphatic carbocycles. The Morgan fingerprint density at radius 3 is 1.07 bits per heavy atom. The maximum absolute atomic E-state index is 8.66. The van der Waals surface area contributed by atoms with Gasteiger partial charge < -0.3 is 20.4 Å². The van der Waals surface area contributed by atoms with Crippen LogP contribution in [0, 0.1) is 5.41 Å². The Balaban J connectivity index is 0. The van der Waals surface area contributed by atoms with Crippen molar-refractivity contribution in [2.24, 2.45) is 5.41 Å². The van der Waals surface area contributed by atoms with E-state index < -0.39 is 8.83 Å². The smallest absolute Gasteiger partial charge is 0.121 e. The Hall–Kier alpha value is 0.890. The molecule has 4 N–H and O–H groups in total. The van der Waals surface area contributed by atoms with Crippen molar-refractivity contribution in [3.63, 3.8) is 0 Å². The number of aliphatic hydroxyl groups is 4. The predicted octanol–water partition coefficient (Wildman–Crippen LogP) is -0.218. The normalized spacial score (nSPS) is 12.0. The predicted molar refractivity (Wildman–Crippen MR) is 70.8 cm³/mol. The van der Waals surface area contributed by atoms with Gasteiger partial charge in [0.05, 0.1) is 26.4 Å². The summed E-state index contributed by atoms with van der Waals surface area (Å²) in [6.45, 7) is 1.22. The fraction of sp³-hybridized carbons (Fsp3) is 1.00. The summed E-state index contributed by atoms with van der Waals surface area (Å²) in [6, 6.07) is 0. The number of thiol groups is 3. The first-order valence-corrected chi connectivity index (χ1v) is 5.75. The molecule has 0 aromatic heterocycles. The van der Waals surface area contributed by atoms with Gasteiger partial charge >= 0.3 is 0 Å². The zero-order valence-electron chi connectivity index (χ0n) is 8.67. The van der Waals surface area contributed by atoms with Crippen LogP contribution in [0.3, 0.4) is 0 Å². The molecule has 0 bridgehead atoms. The van der Waals surface area contributed by atoms with Crippen molar-refractivity contribution < 1.29 is 20.4 Å². The van der Waals surface area contributed by atoms with Crippen molar-refractivity contribution in [3.8, 4) is 0 Å². The van der Waals surface area contributed by atoms with E-state index >= 15 is 0 Å². The summed E-state index contributed by atoms with van der Waals surface area (Å²) in [6.07, 6.45) is 0.594. The van der Waals surface area contributed by atoms with Crippen LogP contribution in [0.5, 0.6) is 0 Å². The second-order valence-corrected chi connectivity index (χ2v) is 6.61. The average molecular weight is 276 g/mol. The highest BCUT2D eigenvalue weighted by Crippen LogP contribution is 2.21. The largest absolute Gasteiger partial charge is 0.396 e. The van der Waals surface area contributed by atoms with E-state index in [0.717, 1.165) is 0 Å². The molecule has 0 spiro atoms. The molecular weight excluding hydrogens is 256 g/mol. The van der Waals surface area contributed by atoms with E-state index in [2.05, 4.69) is 37.9 Å². The zero-order valence-corrected chi connectivity index (χ0v) is 11.3. The van der Waals surface area contributed by atoms with Crippen LogP contribution in [-0.2, 0) is 0 Å². The van der Waals surface area contributed by atoms with Crippen LogP contribution in [0.2, 0.25) is 0 Å². The Bertz CT molecular complexity index is 128. The summed E-state index contributed by atoms with van der Waals surface area (Å²) >= 11 is 11.2. The minimum Gasteiger partial charge on any atom is -0.396 e. The second-order valence-electron chi connectivity index (χ2n) is 3.26. The zero-order chi connectivity index (χ0) is 12.5. The van der Waals surface area contributed by atoms with Crippen molar-refractivity contribution in [3.05, 3.63) is 0 Å². The van der Waals surface area contributed by atoms with Gasteiger partial charge in [0.1, 0.15) is 3.41 Å². The lowest BCUT2D eigenvalue weighted by atomic mass is 9.88. The summed E-state index contributed by atoms with van der Waals surface area (Å²) < 4.78 is -0.819. The van der Waals surface area contributed by atoms with Crippen molar-refractivity contribution in [1.29, 1.82) is 0 Å². The number of rotatable bonds is 5. The van der Waals surface area contributed by atoms with E-state index in [1.807, 2.05) is 6.92 Å². The van der Waals surface area contributed by atoms with E-state index in [1.165, 1.54) is 0 Å².